The van der Waals surface area contributed by atoms with Crippen molar-refractivity contribution in [2.24, 2.45) is 0 Å². The van der Waals surface area contributed by atoms with Gasteiger partial charge in [-0.3, -0.25) is 4.79 Å². The van der Waals surface area contributed by atoms with Gasteiger partial charge in [0.05, 0.1) is 11.3 Å². The topological polar surface area (TPSA) is 49.3 Å². The second-order valence-electron chi connectivity index (χ2n) is 9.60. The molecule has 5 nitrogen and oxygen atoms in total. The fourth-order valence-corrected chi connectivity index (χ4v) is 6.15. The highest BCUT2D eigenvalue weighted by molar-refractivity contribution is 7.18. The molecule has 186 valence electrons. The van der Waals surface area contributed by atoms with Crippen LogP contribution in [0.1, 0.15) is 46.7 Å². The predicted octanol–water partition coefficient (Wildman–Crippen LogP) is 5.94. The van der Waals surface area contributed by atoms with Crippen molar-refractivity contribution in [1.82, 2.24) is 14.9 Å². The molecule has 0 saturated carbocycles. The van der Waals surface area contributed by atoms with Gasteiger partial charge in [0.2, 0.25) is 5.91 Å². The van der Waals surface area contributed by atoms with Gasteiger partial charge in [-0.1, -0.05) is 67.6 Å². The SMILES string of the molecule is CC[C@@H](C(=O)N1CCN(c2nc(CCc3ccccc3)nc3sc(C)c(C)c23)CC1)c1ccccc1. The maximum Gasteiger partial charge on any atom is 0.230 e. The number of carbonyl (C=O) groups excluding carboxylic acids is 1. The number of rotatable bonds is 7. The number of anilines is 1. The van der Waals surface area contributed by atoms with Crippen molar-refractivity contribution in [3.63, 3.8) is 0 Å². The Hall–Kier alpha value is -3.25. The van der Waals surface area contributed by atoms with Crippen LogP contribution in [0.25, 0.3) is 10.2 Å². The molecule has 0 spiro atoms. The number of carbonyl (C=O) groups is 1. The summed E-state index contributed by atoms with van der Waals surface area (Å²) in [7, 11) is 0. The summed E-state index contributed by atoms with van der Waals surface area (Å²) in [6.45, 7) is 9.45. The van der Waals surface area contributed by atoms with Gasteiger partial charge in [-0.25, -0.2) is 9.97 Å². The summed E-state index contributed by atoms with van der Waals surface area (Å²) in [5, 5.41) is 1.18. The van der Waals surface area contributed by atoms with Gasteiger partial charge in [-0.2, -0.15) is 0 Å². The molecule has 0 N–H and O–H groups in total. The van der Waals surface area contributed by atoms with Gasteiger partial charge in [0.25, 0.3) is 0 Å². The zero-order valence-electron chi connectivity index (χ0n) is 21.4. The Morgan fingerprint density at radius 1 is 0.917 bits per heavy atom. The van der Waals surface area contributed by atoms with Crippen LogP contribution < -0.4 is 4.90 Å². The van der Waals surface area contributed by atoms with Gasteiger partial charge >= 0.3 is 0 Å². The van der Waals surface area contributed by atoms with Gasteiger partial charge in [0.1, 0.15) is 16.5 Å². The summed E-state index contributed by atoms with van der Waals surface area (Å²) >= 11 is 1.76. The van der Waals surface area contributed by atoms with Crippen molar-refractivity contribution in [3.8, 4) is 0 Å². The van der Waals surface area contributed by atoms with Crippen LogP contribution in [0.2, 0.25) is 0 Å². The average molecular weight is 499 g/mol. The number of benzene rings is 2. The minimum absolute atomic E-state index is 0.0742. The summed E-state index contributed by atoms with van der Waals surface area (Å²) in [6.07, 6.45) is 2.56. The molecule has 4 aromatic rings. The Bertz CT molecular complexity index is 1330. The summed E-state index contributed by atoms with van der Waals surface area (Å²) in [6, 6.07) is 20.7. The highest BCUT2D eigenvalue weighted by Gasteiger charge is 2.29. The second kappa shape index (κ2) is 10.8. The molecule has 2 aromatic carbocycles. The van der Waals surface area contributed by atoms with Crippen LogP contribution in [0.15, 0.2) is 60.7 Å². The molecular weight excluding hydrogens is 464 g/mol. The summed E-state index contributed by atoms with van der Waals surface area (Å²) in [5.41, 5.74) is 3.68. The quantitative estimate of drug-likeness (QED) is 0.317. The second-order valence-corrected chi connectivity index (χ2v) is 10.8. The Morgan fingerprint density at radius 3 is 2.25 bits per heavy atom. The van der Waals surface area contributed by atoms with E-state index in [1.165, 1.54) is 21.4 Å². The molecule has 1 aliphatic heterocycles. The number of fused-ring (bicyclic) bond motifs is 1. The number of aromatic nitrogens is 2. The lowest BCUT2D eigenvalue weighted by Gasteiger charge is -2.37. The molecule has 0 unspecified atom stereocenters. The van der Waals surface area contributed by atoms with E-state index in [-0.39, 0.29) is 11.8 Å². The van der Waals surface area contributed by atoms with Crippen LogP contribution in [0, 0.1) is 13.8 Å². The number of hydrogen-bond donors (Lipinski definition) is 0. The molecule has 0 bridgehead atoms. The average Bonchev–Trinajstić information content (AvgIpc) is 3.21. The van der Waals surface area contributed by atoms with E-state index in [0.717, 1.165) is 67.5 Å². The molecule has 3 heterocycles. The van der Waals surface area contributed by atoms with Gasteiger partial charge in [-0.05, 0) is 43.4 Å². The third-order valence-corrected chi connectivity index (χ3v) is 8.44. The Morgan fingerprint density at radius 2 is 1.58 bits per heavy atom. The largest absolute Gasteiger partial charge is 0.352 e. The van der Waals surface area contributed by atoms with Crippen molar-refractivity contribution in [3.05, 3.63) is 88.1 Å². The molecule has 1 aliphatic rings. The van der Waals surface area contributed by atoms with E-state index in [0.29, 0.717) is 0 Å². The molecule has 1 saturated heterocycles. The molecular formula is C30H34N4OS. The van der Waals surface area contributed by atoms with Crippen molar-refractivity contribution in [2.75, 3.05) is 31.1 Å². The summed E-state index contributed by atoms with van der Waals surface area (Å²) in [5.74, 6) is 2.10. The van der Waals surface area contributed by atoms with Crippen molar-refractivity contribution < 1.29 is 4.79 Å². The summed E-state index contributed by atoms with van der Waals surface area (Å²) < 4.78 is 0. The highest BCUT2D eigenvalue weighted by atomic mass is 32.1. The molecule has 1 fully saturated rings. The van der Waals surface area contributed by atoms with Crippen molar-refractivity contribution in [2.45, 2.75) is 46.0 Å². The van der Waals surface area contributed by atoms with E-state index in [1.807, 2.05) is 29.2 Å². The van der Waals surface area contributed by atoms with Gasteiger partial charge in [0.15, 0.2) is 0 Å². The normalized spacial score (nSPS) is 14.9. The first-order chi connectivity index (χ1) is 17.5. The highest BCUT2D eigenvalue weighted by Crippen LogP contribution is 2.36. The van der Waals surface area contributed by atoms with Crippen molar-refractivity contribution in [1.29, 1.82) is 0 Å². The Labute approximate surface area is 217 Å². The smallest absolute Gasteiger partial charge is 0.230 e. The van der Waals surface area contributed by atoms with Crippen molar-refractivity contribution >= 4 is 33.3 Å². The lowest BCUT2D eigenvalue weighted by atomic mass is 9.95. The maximum atomic E-state index is 13.4. The third-order valence-electron chi connectivity index (χ3n) is 7.34. The Balaban J connectivity index is 1.35. The third kappa shape index (κ3) is 5.00. The van der Waals surface area contributed by atoms with E-state index in [1.54, 1.807) is 11.3 Å². The first-order valence-electron chi connectivity index (χ1n) is 12.9. The fraction of sp³-hybridized carbons (Fsp3) is 0.367. The monoisotopic (exact) mass is 498 g/mol. The first-order valence-corrected chi connectivity index (χ1v) is 13.8. The van der Waals surface area contributed by atoms with Crippen LogP contribution >= 0.6 is 11.3 Å². The zero-order valence-corrected chi connectivity index (χ0v) is 22.2. The standard InChI is InChI=1S/C30H34N4OS/c1-4-25(24-13-9-6-10-14-24)30(35)34-19-17-33(18-20-34)28-27-21(2)22(3)36-29(27)32-26(31-28)16-15-23-11-7-5-8-12-23/h5-14,25H,4,15-20H2,1-3H3/t25-/m1/s1. The maximum absolute atomic E-state index is 13.4. The minimum Gasteiger partial charge on any atom is -0.352 e. The molecule has 6 heteroatoms. The van der Waals surface area contributed by atoms with Gasteiger partial charge in [-0.15, -0.1) is 11.3 Å². The number of thiophene rings is 1. The van der Waals surface area contributed by atoms with Crippen LogP contribution in [0.5, 0.6) is 0 Å². The number of hydrogen-bond acceptors (Lipinski definition) is 5. The van der Waals surface area contributed by atoms with E-state index in [4.69, 9.17) is 9.97 Å². The van der Waals surface area contributed by atoms with Crippen LogP contribution in [0.4, 0.5) is 5.82 Å². The molecule has 36 heavy (non-hydrogen) atoms. The molecule has 2 aromatic heterocycles. The zero-order chi connectivity index (χ0) is 25.1. The minimum atomic E-state index is -0.0742. The molecule has 0 radical (unpaired) electrons. The molecule has 1 atom stereocenters. The molecule has 1 amide bonds. The van der Waals surface area contributed by atoms with Gasteiger partial charge in [0, 0.05) is 37.5 Å². The predicted molar refractivity (Wildman–Crippen MR) is 149 cm³/mol. The first kappa shape index (κ1) is 24.4. The number of piperazine rings is 1. The number of aryl methyl sites for hydroxylation is 4. The van der Waals surface area contributed by atoms with Crippen LogP contribution in [-0.2, 0) is 17.6 Å². The number of nitrogens with zero attached hydrogens (tertiary/aromatic N) is 4. The summed E-state index contributed by atoms with van der Waals surface area (Å²) in [4.78, 5) is 30.2. The number of amides is 1. The lowest BCUT2D eigenvalue weighted by molar-refractivity contribution is -0.133. The van der Waals surface area contributed by atoms with E-state index in [9.17, 15) is 4.79 Å². The Kier molecular flexibility index (Phi) is 7.33. The van der Waals surface area contributed by atoms with E-state index >= 15 is 0 Å². The molecule has 0 aliphatic carbocycles. The molecule has 5 rings (SSSR count). The fourth-order valence-electron chi connectivity index (χ4n) is 5.11. The van der Waals surface area contributed by atoms with Gasteiger partial charge < -0.3 is 9.80 Å². The van der Waals surface area contributed by atoms with E-state index < -0.39 is 0 Å². The lowest BCUT2D eigenvalue weighted by Crippen LogP contribution is -2.50. The van der Waals surface area contributed by atoms with E-state index in [2.05, 4.69) is 62.1 Å². The van der Waals surface area contributed by atoms with Crippen LogP contribution in [-0.4, -0.2) is 47.0 Å². The van der Waals surface area contributed by atoms with Crippen LogP contribution in [0.3, 0.4) is 0 Å².